The third-order valence-corrected chi connectivity index (χ3v) is 4.17. The van der Waals surface area contributed by atoms with Crippen molar-refractivity contribution in [1.82, 2.24) is 14.1 Å². The van der Waals surface area contributed by atoms with E-state index in [2.05, 4.69) is 4.98 Å². The maximum atomic E-state index is 9.82. The summed E-state index contributed by atoms with van der Waals surface area (Å²) < 4.78 is 9.66. The maximum absolute atomic E-state index is 9.82. The smallest absolute Gasteiger partial charge is 0.202 e. The second-order valence-electron chi connectivity index (χ2n) is 4.91. The molecule has 3 rings (SSSR count). The van der Waals surface area contributed by atoms with E-state index in [0.717, 1.165) is 5.39 Å². The average molecular weight is 296 g/mol. The molecule has 1 fully saturated rings. The molecule has 2 aromatic rings. The minimum Gasteiger partial charge on any atom is -0.394 e. The van der Waals surface area contributed by atoms with Crippen LogP contribution >= 0.6 is 12.2 Å². The predicted molar refractivity (Wildman–Crippen MR) is 75.6 cm³/mol. The van der Waals surface area contributed by atoms with E-state index in [1.807, 2.05) is 12.3 Å². The summed E-state index contributed by atoms with van der Waals surface area (Å²) in [6, 6.07) is 1.85. The fourth-order valence-electron chi connectivity index (χ4n) is 2.47. The summed E-state index contributed by atoms with van der Waals surface area (Å²) in [4.78, 5) is 4.33. The molecule has 0 saturated carbocycles. The number of hydrogen-bond donors (Lipinski definition) is 3. The third-order valence-electron chi connectivity index (χ3n) is 3.68. The van der Waals surface area contributed by atoms with Crippen LogP contribution in [-0.2, 0) is 11.8 Å². The van der Waals surface area contributed by atoms with Gasteiger partial charge >= 0.3 is 0 Å². The van der Waals surface area contributed by atoms with Crippen molar-refractivity contribution < 1.29 is 14.9 Å². The van der Waals surface area contributed by atoms with Gasteiger partial charge in [-0.25, -0.2) is 0 Å². The van der Waals surface area contributed by atoms with Crippen LogP contribution in [0, 0.1) is 4.64 Å². The topological polar surface area (TPSA) is 98.5 Å². The first kappa shape index (κ1) is 13.5. The van der Waals surface area contributed by atoms with Gasteiger partial charge in [-0.3, -0.25) is 0 Å². The second kappa shape index (κ2) is 4.81. The first-order valence-electron chi connectivity index (χ1n) is 6.30. The summed E-state index contributed by atoms with van der Waals surface area (Å²) in [5.74, 6) is 0.319. The molecule has 108 valence electrons. The van der Waals surface area contributed by atoms with Gasteiger partial charge in [0, 0.05) is 19.7 Å². The number of fused-ring (bicyclic) bond motifs is 1. The Morgan fingerprint density at radius 3 is 3.00 bits per heavy atom. The Hall–Kier alpha value is -1.48. The lowest BCUT2D eigenvalue weighted by Gasteiger charge is -2.15. The molecular formula is C12H16N4O3S. The number of rotatable bonds is 2. The van der Waals surface area contributed by atoms with E-state index < -0.39 is 12.2 Å². The summed E-state index contributed by atoms with van der Waals surface area (Å²) >= 11 is 5.34. The minimum atomic E-state index is -0.692. The second-order valence-corrected chi connectivity index (χ2v) is 5.30. The molecule has 1 aliphatic rings. The van der Waals surface area contributed by atoms with E-state index in [9.17, 15) is 5.11 Å². The van der Waals surface area contributed by atoms with Gasteiger partial charge in [0.15, 0.2) is 0 Å². The van der Waals surface area contributed by atoms with Crippen LogP contribution in [0.4, 0.5) is 5.95 Å². The molecule has 4 N–H and O–H groups in total. The predicted octanol–water partition coefficient (Wildman–Crippen LogP) is 0.327. The SMILES string of the molecule is Cn1c(N)nc2c(ccn2C2CC(O)C(CO)O2)c1=S. The van der Waals surface area contributed by atoms with E-state index in [1.54, 1.807) is 16.2 Å². The molecule has 8 heteroatoms. The highest BCUT2D eigenvalue weighted by molar-refractivity contribution is 7.71. The molecule has 1 aliphatic heterocycles. The Balaban J connectivity index is 2.08. The number of nitrogen functional groups attached to an aromatic ring is 1. The van der Waals surface area contributed by atoms with Gasteiger partial charge in [-0.05, 0) is 6.07 Å². The molecule has 20 heavy (non-hydrogen) atoms. The van der Waals surface area contributed by atoms with E-state index in [0.29, 0.717) is 22.7 Å². The molecule has 0 radical (unpaired) electrons. The van der Waals surface area contributed by atoms with E-state index >= 15 is 0 Å². The number of ether oxygens (including phenoxy) is 1. The van der Waals surface area contributed by atoms with Crippen molar-refractivity contribution in [3.63, 3.8) is 0 Å². The number of aliphatic hydroxyl groups is 2. The van der Waals surface area contributed by atoms with Gasteiger partial charge in [0.2, 0.25) is 5.95 Å². The molecule has 3 heterocycles. The van der Waals surface area contributed by atoms with Crippen LogP contribution in [0.1, 0.15) is 12.6 Å². The van der Waals surface area contributed by atoms with Crippen LogP contribution in [-0.4, -0.2) is 43.1 Å². The third kappa shape index (κ3) is 1.92. The van der Waals surface area contributed by atoms with E-state index in [4.69, 9.17) is 27.8 Å². The summed E-state index contributed by atoms with van der Waals surface area (Å²) in [6.45, 7) is -0.215. The first-order valence-corrected chi connectivity index (χ1v) is 6.71. The van der Waals surface area contributed by atoms with Gasteiger partial charge in [0.05, 0.1) is 18.1 Å². The van der Waals surface area contributed by atoms with Crippen molar-refractivity contribution in [2.24, 2.45) is 7.05 Å². The number of anilines is 1. The van der Waals surface area contributed by atoms with Crippen molar-refractivity contribution in [2.75, 3.05) is 12.3 Å². The van der Waals surface area contributed by atoms with Gasteiger partial charge in [-0.1, -0.05) is 12.2 Å². The molecule has 0 amide bonds. The molecule has 0 bridgehead atoms. The van der Waals surface area contributed by atoms with Crippen LogP contribution < -0.4 is 5.73 Å². The number of aliphatic hydroxyl groups excluding tert-OH is 2. The van der Waals surface area contributed by atoms with Crippen LogP contribution in [0.15, 0.2) is 12.3 Å². The van der Waals surface area contributed by atoms with Crippen molar-refractivity contribution >= 4 is 29.2 Å². The quantitative estimate of drug-likeness (QED) is 0.691. The molecule has 0 spiro atoms. The van der Waals surface area contributed by atoms with Gasteiger partial charge in [-0.15, -0.1) is 0 Å². The molecule has 2 aromatic heterocycles. The van der Waals surface area contributed by atoms with Crippen LogP contribution in [0.3, 0.4) is 0 Å². The lowest BCUT2D eigenvalue weighted by molar-refractivity contribution is -0.0430. The monoisotopic (exact) mass is 296 g/mol. The summed E-state index contributed by atoms with van der Waals surface area (Å²) in [5, 5.41) is 19.8. The fourth-order valence-corrected chi connectivity index (χ4v) is 2.73. The van der Waals surface area contributed by atoms with E-state index in [1.165, 1.54) is 0 Å². The number of nitrogens with zero attached hydrogens (tertiary/aromatic N) is 3. The zero-order chi connectivity index (χ0) is 14.4. The average Bonchev–Trinajstić information content (AvgIpc) is 2.99. The number of aromatic nitrogens is 3. The lowest BCUT2D eigenvalue weighted by atomic mass is 10.2. The molecule has 0 aromatic carbocycles. The number of hydrogen-bond acceptors (Lipinski definition) is 6. The molecule has 7 nitrogen and oxygen atoms in total. The minimum absolute atomic E-state index is 0.215. The largest absolute Gasteiger partial charge is 0.394 e. The summed E-state index contributed by atoms with van der Waals surface area (Å²) in [6.07, 6.45) is 0.558. The zero-order valence-electron chi connectivity index (χ0n) is 10.9. The van der Waals surface area contributed by atoms with Gasteiger partial charge in [0.1, 0.15) is 22.6 Å². The van der Waals surface area contributed by atoms with Crippen LogP contribution in [0.2, 0.25) is 0 Å². The Kier molecular flexibility index (Phi) is 3.25. The van der Waals surface area contributed by atoms with Crippen LogP contribution in [0.25, 0.3) is 11.0 Å². The van der Waals surface area contributed by atoms with E-state index in [-0.39, 0.29) is 12.8 Å². The fraction of sp³-hybridized carbons (Fsp3) is 0.500. The van der Waals surface area contributed by atoms with Gasteiger partial charge in [0.25, 0.3) is 0 Å². The van der Waals surface area contributed by atoms with Crippen LogP contribution in [0.5, 0.6) is 0 Å². The molecule has 3 unspecified atom stereocenters. The van der Waals surface area contributed by atoms with Crippen molar-refractivity contribution in [3.05, 3.63) is 16.9 Å². The normalized spacial score (nSPS) is 26.4. The Morgan fingerprint density at radius 2 is 2.35 bits per heavy atom. The van der Waals surface area contributed by atoms with Crippen molar-refractivity contribution in [1.29, 1.82) is 0 Å². The molecule has 3 atom stereocenters. The highest BCUT2D eigenvalue weighted by Gasteiger charge is 2.35. The summed E-state index contributed by atoms with van der Waals surface area (Å²) in [5.41, 5.74) is 6.46. The molecule has 0 aliphatic carbocycles. The van der Waals surface area contributed by atoms with Crippen molar-refractivity contribution in [3.8, 4) is 0 Å². The van der Waals surface area contributed by atoms with Gasteiger partial charge < -0.3 is 29.8 Å². The lowest BCUT2D eigenvalue weighted by Crippen LogP contribution is -2.24. The Bertz CT molecular complexity index is 711. The first-order chi connectivity index (χ1) is 9.52. The number of nitrogens with two attached hydrogens (primary N) is 1. The highest BCUT2D eigenvalue weighted by Crippen LogP contribution is 2.31. The van der Waals surface area contributed by atoms with Gasteiger partial charge in [-0.2, -0.15) is 4.98 Å². The Labute approximate surface area is 120 Å². The highest BCUT2D eigenvalue weighted by atomic mass is 32.1. The molecule has 1 saturated heterocycles. The standard InChI is InChI=1S/C12H16N4O3S/c1-15-11(20)6-2-3-16(10(6)14-12(15)13)9-4-7(18)8(5-17)19-9/h2-3,7-9,17-18H,4-5H2,1H3,(H2,13,14). The molecular weight excluding hydrogens is 280 g/mol. The Morgan fingerprint density at radius 1 is 1.60 bits per heavy atom. The maximum Gasteiger partial charge on any atom is 0.202 e. The zero-order valence-corrected chi connectivity index (χ0v) is 11.7. The summed E-state index contributed by atoms with van der Waals surface area (Å²) in [7, 11) is 1.76. The van der Waals surface area contributed by atoms with Crippen molar-refractivity contribution in [2.45, 2.75) is 24.9 Å².